The molecule has 148 valence electrons. The Bertz CT molecular complexity index is 707. The molecule has 1 saturated carbocycles. The Balaban J connectivity index is 1.20. The highest BCUT2D eigenvalue weighted by molar-refractivity contribution is 5.76. The van der Waals surface area contributed by atoms with Crippen LogP contribution in [-0.2, 0) is 11.3 Å². The molecule has 27 heavy (non-hydrogen) atoms. The van der Waals surface area contributed by atoms with Gasteiger partial charge >= 0.3 is 0 Å². The molecule has 0 radical (unpaired) electrons. The van der Waals surface area contributed by atoms with Crippen LogP contribution in [0.4, 0.5) is 0 Å². The van der Waals surface area contributed by atoms with Crippen molar-refractivity contribution in [3.63, 3.8) is 0 Å². The van der Waals surface area contributed by atoms with Crippen molar-refractivity contribution in [1.82, 2.24) is 24.7 Å². The fraction of sp³-hybridized carbons (Fsp3) is 0.750. The standard InChI is InChI=1S/C20H31N5O2/c26-19-5-9-24(10-6-21-19)12-11-23-7-3-16(4-8-23)14-25-15-22-18(13-20(25)27)17-1-2-17/h13,15-17H,1-12,14H2,(H,21,26). The second-order valence-corrected chi connectivity index (χ2v) is 8.31. The molecule has 1 aromatic heterocycles. The SMILES string of the molecule is O=C1CCN(CCN2CCC(Cn3cnc(C4CC4)cc3=O)CC2)CCN1. The van der Waals surface area contributed by atoms with Crippen molar-refractivity contribution in [2.24, 2.45) is 5.92 Å². The predicted molar refractivity (Wildman–Crippen MR) is 104 cm³/mol. The molecule has 1 aliphatic carbocycles. The van der Waals surface area contributed by atoms with Crippen LogP contribution in [-0.4, -0.2) is 71.1 Å². The summed E-state index contributed by atoms with van der Waals surface area (Å²) >= 11 is 0. The van der Waals surface area contributed by atoms with E-state index in [-0.39, 0.29) is 11.5 Å². The Morgan fingerprint density at radius 2 is 1.74 bits per heavy atom. The van der Waals surface area contributed by atoms with Crippen molar-refractivity contribution < 1.29 is 4.79 Å². The molecule has 0 atom stereocenters. The molecule has 0 unspecified atom stereocenters. The molecule has 3 aliphatic rings. The van der Waals surface area contributed by atoms with Gasteiger partial charge in [-0.3, -0.25) is 19.1 Å². The van der Waals surface area contributed by atoms with Crippen LogP contribution < -0.4 is 10.9 Å². The summed E-state index contributed by atoms with van der Waals surface area (Å²) in [6.45, 7) is 7.68. The lowest BCUT2D eigenvalue weighted by atomic mass is 9.96. The lowest BCUT2D eigenvalue weighted by Gasteiger charge is -2.33. The van der Waals surface area contributed by atoms with E-state index in [1.54, 1.807) is 17.0 Å². The number of piperidine rings is 1. The fourth-order valence-electron chi connectivity index (χ4n) is 4.17. The van der Waals surface area contributed by atoms with Gasteiger partial charge in [-0.25, -0.2) is 4.98 Å². The number of amides is 1. The van der Waals surface area contributed by atoms with Crippen molar-refractivity contribution in [3.05, 3.63) is 28.4 Å². The van der Waals surface area contributed by atoms with Gasteiger partial charge in [-0.2, -0.15) is 0 Å². The zero-order valence-electron chi connectivity index (χ0n) is 16.1. The first kappa shape index (κ1) is 18.6. The molecule has 3 fully saturated rings. The third-order valence-corrected chi connectivity index (χ3v) is 6.20. The van der Waals surface area contributed by atoms with E-state index < -0.39 is 0 Å². The van der Waals surface area contributed by atoms with E-state index in [0.29, 0.717) is 18.3 Å². The first-order valence-electron chi connectivity index (χ1n) is 10.4. The molecule has 4 rings (SSSR count). The summed E-state index contributed by atoms with van der Waals surface area (Å²) < 4.78 is 1.80. The summed E-state index contributed by atoms with van der Waals surface area (Å²) in [4.78, 5) is 33.1. The second-order valence-electron chi connectivity index (χ2n) is 8.31. The summed E-state index contributed by atoms with van der Waals surface area (Å²) in [6, 6.07) is 1.74. The normalized spacial score (nSPS) is 23.2. The van der Waals surface area contributed by atoms with E-state index in [1.165, 1.54) is 12.8 Å². The molecular formula is C20H31N5O2. The summed E-state index contributed by atoms with van der Waals surface area (Å²) in [7, 11) is 0. The molecule has 7 nitrogen and oxygen atoms in total. The number of carbonyl (C=O) groups is 1. The van der Waals surface area contributed by atoms with E-state index in [2.05, 4.69) is 20.1 Å². The highest BCUT2D eigenvalue weighted by Gasteiger charge is 2.26. The van der Waals surface area contributed by atoms with Gasteiger partial charge in [-0.05, 0) is 44.7 Å². The van der Waals surface area contributed by atoms with Gasteiger partial charge in [0.25, 0.3) is 5.56 Å². The van der Waals surface area contributed by atoms with Gasteiger partial charge in [-0.15, -0.1) is 0 Å². The van der Waals surface area contributed by atoms with Crippen molar-refractivity contribution in [3.8, 4) is 0 Å². The highest BCUT2D eigenvalue weighted by Crippen LogP contribution is 2.38. The number of hydrogen-bond donors (Lipinski definition) is 1. The summed E-state index contributed by atoms with van der Waals surface area (Å²) in [5.74, 6) is 1.27. The van der Waals surface area contributed by atoms with Crippen LogP contribution >= 0.6 is 0 Å². The molecule has 1 N–H and O–H groups in total. The monoisotopic (exact) mass is 373 g/mol. The summed E-state index contributed by atoms with van der Waals surface area (Å²) in [5.41, 5.74) is 1.09. The molecule has 0 spiro atoms. The lowest BCUT2D eigenvalue weighted by molar-refractivity contribution is -0.120. The van der Waals surface area contributed by atoms with Crippen LogP contribution in [0.15, 0.2) is 17.2 Å². The number of rotatable bonds is 6. The Morgan fingerprint density at radius 1 is 1.00 bits per heavy atom. The minimum Gasteiger partial charge on any atom is -0.355 e. The zero-order valence-corrected chi connectivity index (χ0v) is 16.1. The molecule has 2 aliphatic heterocycles. The minimum absolute atomic E-state index is 0.110. The van der Waals surface area contributed by atoms with Gasteiger partial charge in [0.2, 0.25) is 5.91 Å². The van der Waals surface area contributed by atoms with E-state index in [1.807, 2.05) is 0 Å². The van der Waals surface area contributed by atoms with E-state index in [4.69, 9.17) is 0 Å². The number of nitrogens with one attached hydrogen (secondary N) is 1. The topological polar surface area (TPSA) is 70.5 Å². The Hall–Kier alpha value is -1.73. The van der Waals surface area contributed by atoms with E-state index in [0.717, 1.165) is 70.9 Å². The van der Waals surface area contributed by atoms with Gasteiger partial charge < -0.3 is 10.2 Å². The Kier molecular flexibility index (Phi) is 5.88. The average Bonchev–Trinajstić information content (AvgIpc) is 3.52. The van der Waals surface area contributed by atoms with Gasteiger partial charge in [0.15, 0.2) is 0 Å². The maximum Gasteiger partial charge on any atom is 0.253 e. The third-order valence-electron chi connectivity index (χ3n) is 6.20. The quantitative estimate of drug-likeness (QED) is 0.793. The number of aromatic nitrogens is 2. The van der Waals surface area contributed by atoms with Crippen molar-refractivity contribution in [2.75, 3.05) is 45.8 Å². The fourth-order valence-corrected chi connectivity index (χ4v) is 4.17. The summed E-state index contributed by atoms with van der Waals surface area (Å²) in [5, 5.41) is 2.93. The second kappa shape index (κ2) is 8.52. The van der Waals surface area contributed by atoms with Crippen molar-refractivity contribution in [1.29, 1.82) is 0 Å². The van der Waals surface area contributed by atoms with Gasteiger partial charge in [0.05, 0.1) is 12.0 Å². The van der Waals surface area contributed by atoms with Crippen molar-refractivity contribution in [2.45, 2.75) is 44.6 Å². The largest absolute Gasteiger partial charge is 0.355 e. The smallest absolute Gasteiger partial charge is 0.253 e. The van der Waals surface area contributed by atoms with Crippen LogP contribution in [0, 0.1) is 5.92 Å². The maximum absolute atomic E-state index is 12.3. The van der Waals surface area contributed by atoms with Crippen molar-refractivity contribution >= 4 is 5.91 Å². The third kappa shape index (κ3) is 5.17. The lowest BCUT2D eigenvalue weighted by Crippen LogP contribution is -2.41. The molecule has 2 saturated heterocycles. The first-order valence-corrected chi connectivity index (χ1v) is 10.4. The molecular weight excluding hydrogens is 342 g/mol. The van der Waals surface area contributed by atoms with Crippen LogP contribution in [0.3, 0.4) is 0 Å². The zero-order chi connectivity index (χ0) is 18.6. The Labute approximate surface area is 160 Å². The Morgan fingerprint density at radius 3 is 2.44 bits per heavy atom. The van der Waals surface area contributed by atoms with E-state index >= 15 is 0 Å². The summed E-state index contributed by atoms with van der Waals surface area (Å²) in [6.07, 6.45) is 7.01. The molecule has 1 amide bonds. The maximum atomic E-state index is 12.3. The van der Waals surface area contributed by atoms with Gasteiger partial charge in [0, 0.05) is 57.7 Å². The van der Waals surface area contributed by atoms with Gasteiger partial charge in [-0.1, -0.05) is 0 Å². The van der Waals surface area contributed by atoms with E-state index in [9.17, 15) is 9.59 Å². The molecule has 7 heteroatoms. The number of carbonyl (C=O) groups excluding carboxylic acids is 1. The molecule has 1 aromatic rings. The number of nitrogens with zero attached hydrogens (tertiary/aromatic N) is 4. The van der Waals surface area contributed by atoms with Gasteiger partial charge in [0.1, 0.15) is 0 Å². The molecule has 0 bridgehead atoms. The average molecular weight is 374 g/mol. The van der Waals surface area contributed by atoms with Crippen LogP contribution in [0.2, 0.25) is 0 Å². The number of likely N-dealkylation sites (tertiary alicyclic amines) is 1. The molecule has 0 aromatic carbocycles. The first-order chi connectivity index (χ1) is 13.2. The van der Waals surface area contributed by atoms with Crippen LogP contribution in [0.1, 0.15) is 43.7 Å². The van der Waals surface area contributed by atoms with Crippen LogP contribution in [0.25, 0.3) is 0 Å². The highest BCUT2D eigenvalue weighted by atomic mass is 16.1. The minimum atomic E-state index is 0.110. The number of hydrogen-bond acceptors (Lipinski definition) is 5. The van der Waals surface area contributed by atoms with Crippen LogP contribution in [0.5, 0.6) is 0 Å². The molecule has 3 heterocycles. The predicted octanol–water partition coefficient (Wildman–Crippen LogP) is 0.655.